The number of nitrogens with zero attached hydrogens (tertiary/aromatic N) is 5. The van der Waals surface area contributed by atoms with Gasteiger partial charge in [0.05, 0.1) is 0 Å². The van der Waals surface area contributed by atoms with Crippen LogP contribution in [0.1, 0.15) is 45.4 Å². The second kappa shape index (κ2) is 9.92. The van der Waals surface area contributed by atoms with Gasteiger partial charge in [-0.2, -0.15) is 0 Å². The van der Waals surface area contributed by atoms with Crippen molar-refractivity contribution in [2.45, 2.75) is 53.0 Å². The van der Waals surface area contributed by atoms with Crippen LogP contribution in [0.2, 0.25) is 0 Å². The highest BCUT2D eigenvalue weighted by Crippen LogP contribution is 2.11. The Kier molecular flexibility index (Phi) is 8.56. The van der Waals surface area contributed by atoms with Gasteiger partial charge in [0.25, 0.3) is 5.56 Å². The number of aryl methyl sites for hydroxylation is 2. The molecular formula is C18H32ClN5O2. The fourth-order valence-corrected chi connectivity index (χ4v) is 3.17. The fourth-order valence-electron chi connectivity index (χ4n) is 3.17. The summed E-state index contributed by atoms with van der Waals surface area (Å²) in [5.41, 5.74) is 0.384. The Labute approximate surface area is 161 Å². The van der Waals surface area contributed by atoms with Crippen LogP contribution in [0.3, 0.4) is 0 Å². The van der Waals surface area contributed by atoms with Crippen molar-refractivity contribution in [3.05, 3.63) is 26.7 Å². The second-order valence-electron chi connectivity index (χ2n) is 6.74. The number of unbranched alkanes of at least 4 members (excludes halogenated alkanes) is 2. The van der Waals surface area contributed by atoms with Crippen LogP contribution in [-0.4, -0.2) is 43.2 Å². The molecule has 0 N–H and O–H groups in total. The lowest BCUT2D eigenvalue weighted by atomic mass is 10.2. The molecule has 0 unspecified atom stereocenters. The molecule has 0 saturated heterocycles. The Morgan fingerprint density at radius 3 is 2.08 bits per heavy atom. The van der Waals surface area contributed by atoms with E-state index in [1.807, 2.05) is 11.5 Å². The molecule has 0 aliphatic carbocycles. The van der Waals surface area contributed by atoms with E-state index in [9.17, 15) is 9.59 Å². The zero-order chi connectivity index (χ0) is 18.6. The number of rotatable bonds is 9. The van der Waals surface area contributed by atoms with Gasteiger partial charge in [0.1, 0.15) is 5.82 Å². The number of halogens is 1. The van der Waals surface area contributed by atoms with Gasteiger partial charge >= 0.3 is 5.69 Å². The molecule has 0 aliphatic rings. The molecule has 2 aromatic heterocycles. The second-order valence-corrected chi connectivity index (χ2v) is 6.74. The predicted octanol–water partition coefficient (Wildman–Crippen LogP) is 2.07. The van der Waals surface area contributed by atoms with Crippen molar-refractivity contribution in [2.24, 2.45) is 14.1 Å². The third-order valence-electron chi connectivity index (χ3n) is 4.83. The van der Waals surface area contributed by atoms with Crippen LogP contribution >= 0.6 is 12.4 Å². The van der Waals surface area contributed by atoms with Crippen molar-refractivity contribution in [1.29, 1.82) is 0 Å². The lowest BCUT2D eigenvalue weighted by Gasteiger charge is -2.22. The zero-order valence-corrected chi connectivity index (χ0v) is 17.4. The normalized spacial score (nSPS) is 11.3. The van der Waals surface area contributed by atoms with E-state index in [1.54, 1.807) is 7.05 Å². The molecule has 0 amide bonds. The van der Waals surface area contributed by atoms with Crippen molar-refractivity contribution in [3.8, 4) is 0 Å². The van der Waals surface area contributed by atoms with Crippen molar-refractivity contribution < 1.29 is 0 Å². The highest BCUT2D eigenvalue weighted by atomic mass is 35.5. The minimum Gasteiger partial charge on any atom is -0.321 e. The van der Waals surface area contributed by atoms with Crippen LogP contribution in [0.4, 0.5) is 0 Å². The Morgan fingerprint density at radius 2 is 1.54 bits per heavy atom. The molecule has 0 spiro atoms. The van der Waals surface area contributed by atoms with Gasteiger partial charge in [-0.05, 0) is 32.9 Å². The highest BCUT2D eigenvalue weighted by Gasteiger charge is 2.17. The Balaban J connectivity index is 0.00000338. The van der Waals surface area contributed by atoms with Gasteiger partial charge in [-0.25, -0.2) is 9.78 Å². The van der Waals surface area contributed by atoms with E-state index in [1.165, 1.54) is 37.3 Å². The quantitative estimate of drug-likeness (QED) is 0.662. The summed E-state index contributed by atoms with van der Waals surface area (Å²) >= 11 is 0. The van der Waals surface area contributed by atoms with Crippen LogP contribution in [0.15, 0.2) is 9.59 Å². The number of hydrogen-bond donors (Lipinski definition) is 0. The SMILES string of the molecule is CCCCN(CCCC)CCn1c(C)nc2c1c(=O)n(C)c(=O)n2C.Cl. The predicted molar refractivity (Wildman–Crippen MR) is 108 cm³/mol. The number of hydrogen-bond acceptors (Lipinski definition) is 4. The van der Waals surface area contributed by atoms with E-state index in [2.05, 4.69) is 23.7 Å². The maximum absolute atomic E-state index is 12.6. The van der Waals surface area contributed by atoms with E-state index in [-0.39, 0.29) is 23.7 Å². The summed E-state index contributed by atoms with van der Waals surface area (Å²) in [6, 6.07) is 0. The zero-order valence-electron chi connectivity index (χ0n) is 16.6. The minimum absolute atomic E-state index is 0. The Bertz CT molecular complexity index is 829. The molecule has 148 valence electrons. The summed E-state index contributed by atoms with van der Waals surface area (Å²) in [5, 5.41) is 0. The van der Waals surface area contributed by atoms with Crippen molar-refractivity contribution in [3.63, 3.8) is 0 Å². The standard InChI is InChI=1S/C18H31N5O2.ClH/c1-6-8-10-22(11-9-7-2)12-13-23-14(3)19-16-15(23)17(24)21(5)18(25)20(16)4;/h6-13H2,1-5H3;1H. The van der Waals surface area contributed by atoms with E-state index >= 15 is 0 Å². The maximum atomic E-state index is 12.6. The number of imidazole rings is 1. The van der Waals surface area contributed by atoms with Gasteiger partial charge < -0.3 is 9.47 Å². The van der Waals surface area contributed by atoms with Crippen molar-refractivity contribution in [2.75, 3.05) is 19.6 Å². The average Bonchev–Trinajstić information content (AvgIpc) is 2.94. The third kappa shape index (κ3) is 4.57. The fraction of sp³-hybridized carbons (Fsp3) is 0.722. The van der Waals surface area contributed by atoms with Crippen LogP contribution in [0.5, 0.6) is 0 Å². The smallest absolute Gasteiger partial charge is 0.321 e. The topological polar surface area (TPSA) is 65.1 Å². The molecule has 26 heavy (non-hydrogen) atoms. The number of fused-ring (bicyclic) bond motifs is 1. The first kappa shape index (κ1) is 22.4. The van der Waals surface area contributed by atoms with Crippen molar-refractivity contribution in [1.82, 2.24) is 23.6 Å². The van der Waals surface area contributed by atoms with Crippen LogP contribution in [0.25, 0.3) is 11.2 Å². The Morgan fingerprint density at radius 1 is 0.962 bits per heavy atom. The van der Waals surface area contributed by atoms with Gasteiger partial charge in [-0.3, -0.25) is 13.9 Å². The van der Waals surface area contributed by atoms with Gasteiger partial charge in [0.15, 0.2) is 11.2 Å². The minimum atomic E-state index is -0.338. The first-order valence-corrected chi connectivity index (χ1v) is 9.27. The lowest BCUT2D eigenvalue weighted by Crippen LogP contribution is -2.38. The molecule has 2 rings (SSSR count). The molecule has 0 radical (unpaired) electrons. The molecule has 0 aromatic carbocycles. The first-order valence-electron chi connectivity index (χ1n) is 9.27. The van der Waals surface area contributed by atoms with Gasteiger partial charge in [-0.15, -0.1) is 12.4 Å². The van der Waals surface area contributed by atoms with E-state index in [4.69, 9.17) is 0 Å². The lowest BCUT2D eigenvalue weighted by molar-refractivity contribution is 0.255. The van der Waals surface area contributed by atoms with Gasteiger partial charge in [0, 0.05) is 27.2 Å². The third-order valence-corrected chi connectivity index (χ3v) is 4.83. The molecule has 0 fully saturated rings. The summed E-state index contributed by atoms with van der Waals surface area (Å²) in [7, 11) is 3.18. The van der Waals surface area contributed by atoms with Crippen LogP contribution < -0.4 is 11.2 Å². The van der Waals surface area contributed by atoms with E-state index in [0.717, 1.165) is 30.0 Å². The summed E-state index contributed by atoms with van der Waals surface area (Å²) in [4.78, 5) is 31.6. The maximum Gasteiger partial charge on any atom is 0.332 e. The summed E-state index contributed by atoms with van der Waals surface area (Å²) < 4.78 is 4.57. The largest absolute Gasteiger partial charge is 0.332 e. The molecule has 8 heteroatoms. The molecule has 0 atom stereocenters. The molecular weight excluding hydrogens is 354 g/mol. The number of aromatic nitrogens is 4. The molecule has 2 aromatic rings. The molecule has 0 bridgehead atoms. The highest BCUT2D eigenvalue weighted by molar-refractivity contribution is 5.85. The van der Waals surface area contributed by atoms with Gasteiger partial charge in [-0.1, -0.05) is 26.7 Å². The summed E-state index contributed by atoms with van der Waals surface area (Å²) in [6.45, 7) is 10.1. The monoisotopic (exact) mass is 385 g/mol. The Hall–Kier alpha value is -1.60. The van der Waals surface area contributed by atoms with E-state index in [0.29, 0.717) is 17.7 Å². The molecule has 0 aliphatic heterocycles. The summed E-state index contributed by atoms with van der Waals surface area (Å²) in [5.74, 6) is 0.777. The average molecular weight is 386 g/mol. The van der Waals surface area contributed by atoms with Crippen LogP contribution in [-0.2, 0) is 20.6 Å². The molecule has 7 nitrogen and oxygen atoms in total. The first-order chi connectivity index (χ1) is 11.9. The summed E-state index contributed by atoms with van der Waals surface area (Å²) in [6.07, 6.45) is 4.73. The van der Waals surface area contributed by atoms with Crippen LogP contribution in [0, 0.1) is 6.92 Å². The van der Waals surface area contributed by atoms with Gasteiger partial charge in [0.2, 0.25) is 0 Å². The van der Waals surface area contributed by atoms with Crippen molar-refractivity contribution >= 4 is 23.6 Å². The molecule has 2 heterocycles. The molecule has 0 saturated carbocycles. The van der Waals surface area contributed by atoms with E-state index < -0.39 is 0 Å².